The number of carbonyl (C=O) groups excluding carboxylic acids is 1. The van der Waals surface area contributed by atoms with Crippen LogP contribution in [0.1, 0.15) is 15.9 Å². The minimum Gasteiger partial charge on any atom is -0.534 e. The lowest BCUT2D eigenvalue weighted by molar-refractivity contribution is -0.127. The molecule has 0 aromatic heterocycles. The van der Waals surface area contributed by atoms with Gasteiger partial charge in [0, 0.05) is 26.2 Å². The highest BCUT2D eigenvalue weighted by atomic mass is 32.2. The second-order valence-corrected chi connectivity index (χ2v) is 8.70. The molecule has 4 rings (SSSR count). The van der Waals surface area contributed by atoms with Crippen molar-refractivity contribution in [2.45, 2.75) is 11.6 Å². The van der Waals surface area contributed by atoms with Gasteiger partial charge in [-0.15, -0.1) is 11.8 Å². The number of amides is 1. The number of aromatic carboxylic acids is 1. The maximum Gasteiger partial charge on any atom is 0.536 e. The molecular formula is C18H23BN2O6S. The van der Waals surface area contributed by atoms with E-state index in [9.17, 15) is 19.7 Å². The Bertz CT molecular complexity index is 782. The van der Waals surface area contributed by atoms with E-state index in [0.717, 1.165) is 26.2 Å². The molecule has 0 radical (unpaired) electrons. The molecule has 1 aromatic rings. The monoisotopic (exact) mass is 406 g/mol. The van der Waals surface area contributed by atoms with Gasteiger partial charge in [0.15, 0.2) is 0 Å². The topological polar surface area (TPSA) is 108 Å². The number of hydrogen-bond acceptors (Lipinski definition) is 7. The molecule has 3 aliphatic rings. The van der Waals surface area contributed by atoms with Gasteiger partial charge in [-0.3, -0.25) is 4.79 Å². The van der Waals surface area contributed by atoms with Gasteiger partial charge in [0.25, 0.3) is 0 Å². The first-order valence-electron chi connectivity index (χ1n) is 9.36. The summed E-state index contributed by atoms with van der Waals surface area (Å²) in [6.07, 6.45) is 0.424. The third-order valence-electron chi connectivity index (χ3n) is 5.78. The van der Waals surface area contributed by atoms with Gasteiger partial charge in [0.1, 0.15) is 17.1 Å². The number of benzene rings is 1. The molecule has 1 amide bonds. The molecule has 0 bridgehead atoms. The summed E-state index contributed by atoms with van der Waals surface area (Å²) in [5.41, 5.74) is 0.603. The number of rotatable bonds is 5. The Morgan fingerprint density at radius 3 is 2.71 bits per heavy atom. The zero-order valence-corrected chi connectivity index (χ0v) is 16.4. The minimum absolute atomic E-state index is 0.0818. The van der Waals surface area contributed by atoms with Crippen LogP contribution in [0.3, 0.4) is 0 Å². The van der Waals surface area contributed by atoms with Crippen LogP contribution in [0.2, 0.25) is 0 Å². The molecule has 3 N–H and O–H groups in total. The van der Waals surface area contributed by atoms with Crippen LogP contribution in [0.15, 0.2) is 12.1 Å². The summed E-state index contributed by atoms with van der Waals surface area (Å²) in [7, 11) is 0.206. The fourth-order valence-electron chi connectivity index (χ4n) is 4.26. The highest BCUT2D eigenvalue weighted by Gasteiger charge is 2.41. The average molecular weight is 406 g/mol. The van der Waals surface area contributed by atoms with Crippen molar-refractivity contribution in [3.63, 3.8) is 0 Å². The Hall–Kier alpha value is -1.91. The maximum atomic E-state index is 12.6. The Morgan fingerprint density at radius 2 is 2.07 bits per heavy atom. The van der Waals surface area contributed by atoms with Gasteiger partial charge >= 0.3 is 13.1 Å². The summed E-state index contributed by atoms with van der Waals surface area (Å²) in [6, 6.07) is 3.34. The lowest BCUT2D eigenvalue weighted by Crippen LogP contribution is -2.42. The van der Waals surface area contributed by atoms with Gasteiger partial charge < -0.3 is 29.7 Å². The maximum absolute atomic E-state index is 12.6. The zero-order valence-electron chi connectivity index (χ0n) is 15.6. The van der Waals surface area contributed by atoms with Crippen LogP contribution in [-0.4, -0.2) is 78.2 Å². The second-order valence-electron chi connectivity index (χ2n) is 7.48. The molecule has 10 heteroatoms. The summed E-state index contributed by atoms with van der Waals surface area (Å²) in [5.74, 6) is 0.614. The number of carbonyl (C=O) groups is 2. The first-order valence-corrected chi connectivity index (χ1v) is 10.4. The van der Waals surface area contributed by atoms with Gasteiger partial charge in [0.05, 0.1) is 18.0 Å². The van der Waals surface area contributed by atoms with Crippen LogP contribution in [0, 0.1) is 11.8 Å². The summed E-state index contributed by atoms with van der Waals surface area (Å²) < 4.78 is 10.6. The third-order valence-corrected chi connectivity index (χ3v) is 7.02. The highest BCUT2D eigenvalue weighted by Crippen LogP contribution is 2.38. The van der Waals surface area contributed by atoms with Gasteiger partial charge in [-0.25, -0.2) is 4.79 Å². The van der Waals surface area contributed by atoms with Crippen molar-refractivity contribution in [3.05, 3.63) is 23.3 Å². The largest absolute Gasteiger partial charge is 0.536 e. The number of fused-ring (bicyclic) bond motifs is 2. The van der Waals surface area contributed by atoms with Crippen molar-refractivity contribution in [2.75, 3.05) is 39.0 Å². The first-order chi connectivity index (χ1) is 13.5. The number of nitrogens with zero attached hydrogens (tertiary/aromatic N) is 1. The van der Waals surface area contributed by atoms with Gasteiger partial charge in [-0.2, -0.15) is 0 Å². The molecule has 0 aliphatic carbocycles. The van der Waals surface area contributed by atoms with E-state index in [0.29, 0.717) is 23.8 Å². The molecule has 8 nitrogen and oxygen atoms in total. The minimum atomic E-state index is -1.18. The van der Waals surface area contributed by atoms with Crippen molar-refractivity contribution in [1.29, 1.82) is 0 Å². The Balaban J connectivity index is 1.40. The van der Waals surface area contributed by atoms with E-state index in [2.05, 4.69) is 5.32 Å². The average Bonchev–Trinajstić information content (AvgIpc) is 3.27. The summed E-state index contributed by atoms with van der Waals surface area (Å²) >= 11 is 1.36. The second kappa shape index (κ2) is 7.84. The molecule has 3 heterocycles. The molecule has 3 aliphatic heterocycles. The first kappa shape index (κ1) is 19.4. The van der Waals surface area contributed by atoms with E-state index in [1.165, 1.54) is 18.9 Å². The molecule has 1 aromatic carbocycles. The molecule has 0 spiro atoms. The van der Waals surface area contributed by atoms with Gasteiger partial charge in [-0.1, -0.05) is 6.07 Å². The number of methoxy groups -OCH3 is 1. The number of carboxylic acids is 1. The molecular weight excluding hydrogens is 383 g/mol. The molecule has 2 saturated heterocycles. The highest BCUT2D eigenvalue weighted by molar-refractivity contribution is 8.01. The number of nitrogens with one attached hydrogen (secondary N) is 1. The molecule has 2 unspecified atom stereocenters. The van der Waals surface area contributed by atoms with Crippen LogP contribution in [0.25, 0.3) is 0 Å². The van der Waals surface area contributed by atoms with Crippen molar-refractivity contribution in [3.8, 4) is 11.5 Å². The molecule has 28 heavy (non-hydrogen) atoms. The Labute approximate surface area is 167 Å². The van der Waals surface area contributed by atoms with Crippen molar-refractivity contribution in [2.24, 2.45) is 11.8 Å². The van der Waals surface area contributed by atoms with E-state index in [1.807, 2.05) is 4.90 Å². The van der Waals surface area contributed by atoms with E-state index >= 15 is 0 Å². The molecule has 2 fully saturated rings. The number of carboxylic acid groups (broad SMARTS) is 1. The fourth-order valence-corrected chi connectivity index (χ4v) is 5.32. The summed E-state index contributed by atoms with van der Waals surface area (Å²) in [4.78, 5) is 26.1. The summed E-state index contributed by atoms with van der Waals surface area (Å²) in [5, 5.41) is 22.9. The van der Waals surface area contributed by atoms with E-state index < -0.39 is 13.1 Å². The molecule has 0 saturated carbocycles. The number of likely N-dealkylation sites (tertiary alicyclic amines) is 1. The third kappa shape index (κ3) is 3.56. The SMILES string of the molecule is COc1ccc2c(c1C(=O)O)OB(O)[C@@H](SCC(=O)N1CC3CNCC3C1)C2. The number of ether oxygens (including phenoxy) is 1. The van der Waals surface area contributed by atoms with E-state index in [1.54, 1.807) is 12.1 Å². The van der Waals surface area contributed by atoms with E-state index in [-0.39, 0.29) is 33.9 Å². The smallest absolute Gasteiger partial charge is 0.534 e. The normalized spacial score (nSPS) is 25.9. The standard InChI is InChI=1S/C18H23BN2O6S/c1-26-13-3-2-10-4-14(19(25)27-17(10)16(13)18(23)24)28-9-15(22)21-7-11-5-20-6-12(11)8-21/h2-3,11-12,14,20,25H,4-9H2,1H3,(H,23,24)/t11?,12?,14-/m0/s1. The van der Waals surface area contributed by atoms with Crippen LogP contribution < -0.4 is 14.7 Å². The lowest BCUT2D eigenvalue weighted by Gasteiger charge is -2.29. The Morgan fingerprint density at radius 1 is 1.36 bits per heavy atom. The predicted octanol–water partition coefficient (Wildman–Crippen LogP) is 0.128. The summed E-state index contributed by atoms with van der Waals surface area (Å²) in [6.45, 7) is 3.54. The molecule has 150 valence electrons. The van der Waals surface area contributed by atoms with Crippen molar-refractivity contribution < 1.29 is 29.1 Å². The number of hydrogen-bond donors (Lipinski definition) is 3. The molecule has 3 atom stereocenters. The van der Waals surface area contributed by atoms with Crippen LogP contribution in [0.5, 0.6) is 11.5 Å². The van der Waals surface area contributed by atoms with Crippen molar-refractivity contribution in [1.82, 2.24) is 10.2 Å². The van der Waals surface area contributed by atoms with Crippen LogP contribution in [-0.2, 0) is 11.2 Å². The zero-order chi connectivity index (χ0) is 19.8. The quantitative estimate of drug-likeness (QED) is 0.593. The fraction of sp³-hybridized carbons (Fsp3) is 0.556. The van der Waals surface area contributed by atoms with Gasteiger partial charge in [-0.05, 0) is 29.9 Å². The van der Waals surface area contributed by atoms with Crippen LogP contribution >= 0.6 is 11.8 Å². The van der Waals surface area contributed by atoms with E-state index in [4.69, 9.17) is 9.39 Å². The van der Waals surface area contributed by atoms with Gasteiger partial charge in [0.2, 0.25) is 5.91 Å². The number of thioether (sulfide) groups is 1. The van der Waals surface area contributed by atoms with Crippen LogP contribution in [0.4, 0.5) is 0 Å². The Kier molecular flexibility index (Phi) is 5.44. The lowest BCUT2D eigenvalue weighted by atomic mass is 9.77. The van der Waals surface area contributed by atoms with Crippen molar-refractivity contribution >= 4 is 30.8 Å². The predicted molar refractivity (Wildman–Crippen MR) is 105 cm³/mol.